The molecule has 0 bridgehead atoms. The van der Waals surface area contributed by atoms with Crippen molar-refractivity contribution in [2.24, 2.45) is 10.9 Å². The highest BCUT2D eigenvalue weighted by Gasteiger charge is 2.14. The minimum absolute atomic E-state index is 0.463. The van der Waals surface area contributed by atoms with Crippen LogP contribution in [0.3, 0.4) is 0 Å². The molecule has 1 saturated heterocycles. The number of aryl methyl sites for hydroxylation is 2. The van der Waals surface area contributed by atoms with Crippen molar-refractivity contribution in [2.75, 3.05) is 32.7 Å². The van der Waals surface area contributed by atoms with E-state index in [1.807, 2.05) is 13.8 Å². The summed E-state index contributed by atoms with van der Waals surface area (Å²) < 4.78 is 5.58. The molecule has 2 heterocycles. The van der Waals surface area contributed by atoms with E-state index >= 15 is 0 Å². The van der Waals surface area contributed by atoms with Crippen molar-refractivity contribution in [2.45, 2.75) is 47.1 Å². The molecule has 0 aromatic carbocycles. The fourth-order valence-electron chi connectivity index (χ4n) is 2.84. The molecule has 0 radical (unpaired) electrons. The quantitative estimate of drug-likeness (QED) is 0.594. The van der Waals surface area contributed by atoms with E-state index in [2.05, 4.69) is 39.4 Å². The van der Waals surface area contributed by atoms with Crippen molar-refractivity contribution >= 4 is 5.96 Å². The molecule has 0 spiro atoms. The number of guanidine groups is 1. The maximum Gasteiger partial charge on any atom is 0.216 e. The van der Waals surface area contributed by atoms with Crippen LogP contribution in [0.2, 0.25) is 0 Å². The molecular weight excluding hydrogens is 290 g/mol. The van der Waals surface area contributed by atoms with Gasteiger partial charge in [0.15, 0.2) is 5.96 Å². The first-order valence-corrected chi connectivity index (χ1v) is 8.76. The van der Waals surface area contributed by atoms with Gasteiger partial charge in [0.1, 0.15) is 12.3 Å². The van der Waals surface area contributed by atoms with Crippen LogP contribution < -0.4 is 10.6 Å². The molecular formula is C17H31N5O. The Morgan fingerprint density at radius 3 is 2.65 bits per heavy atom. The van der Waals surface area contributed by atoms with Gasteiger partial charge >= 0.3 is 0 Å². The van der Waals surface area contributed by atoms with Crippen molar-refractivity contribution in [1.82, 2.24) is 20.5 Å². The Balaban J connectivity index is 1.80. The van der Waals surface area contributed by atoms with Gasteiger partial charge in [-0.15, -0.1) is 0 Å². The van der Waals surface area contributed by atoms with Crippen LogP contribution in [-0.4, -0.2) is 48.6 Å². The third-order valence-electron chi connectivity index (χ3n) is 4.18. The zero-order valence-electron chi connectivity index (χ0n) is 15.0. The first-order valence-electron chi connectivity index (χ1n) is 8.76. The van der Waals surface area contributed by atoms with E-state index in [9.17, 15) is 0 Å². The van der Waals surface area contributed by atoms with Gasteiger partial charge in [0.2, 0.25) is 5.89 Å². The van der Waals surface area contributed by atoms with Crippen LogP contribution in [0.4, 0.5) is 0 Å². The van der Waals surface area contributed by atoms with Gasteiger partial charge in [-0.2, -0.15) is 0 Å². The fourth-order valence-corrected chi connectivity index (χ4v) is 2.84. The summed E-state index contributed by atoms with van der Waals surface area (Å²) in [5.41, 5.74) is 0.937. The van der Waals surface area contributed by atoms with E-state index in [4.69, 9.17) is 4.42 Å². The highest BCUT2D eigenvalue weighted by Crippen LogP contribution is 2.10. The van der Waals surface area contributed by atoms with Crippen LogP contribution in [0, 0.1) is 19.8 Å². The molecule has 1 fully saturated rings. The van der Waals surface area contributed by atoms with Crippen LogP contribution in [-0.2, 0) is 6.54 Å². The summed E-state index contributed by atoms with van der Waals surface area (Å²) in [5.74, 6) is 2.96. The number of hydrogen-bond acceptors (Lipinski definition) is 4. The summed E-state index contributed by atoms with van der Waals surface area (Å²) in [6, 6.07) is 0. The number of nitrogens with one attached hydrogen (secondary N) is 2. The summed E-state index contributed by atoms with van der Waals surface area (Å²) in [4.78, 5) is 11.5. The predicted octanol–water partition coefficient (Wildman–Crippen LogP) is 2.08. The molecule has 1 aliphatic rings. The average molecular weight is 321 g/mol. The Labute approximate surface area is 139 Å². The molecule has 23 heavy (non-hydrogen) atoms. The number of rotatable bonds is 7. The second-order valence-corrected chi connectivity index (χ2v) is 6.44. The molecule has 0 aliphatic carbocycles. The summed E-state index contributed by atoms with van der Waals surface area (Å²) in [6.45, 7) is 14.1. The number of aliphatic imine (C=N–C) groups is 1. The molecule has 6 nitrogen and oxygen atoms in total. The van der Waals surface area contributed by atoms with Crippen LogP contribution in [0.15, 0.2) is 9.41 Å². The highest BCUT2D eigenvalue weighted by molar-refractivity contribution is 5.79. The van der Waals surface area contributed by atoms with Crippen LogP contribution in [0.5, 0.6) is 0 Å². The molecule has 2 rings (SSSR count). The van der Waals surface area contributed by atoms with E-state index in [-0.39, 0.29) is 0 Å². The standard InChI is InChI=1S/C17H31N5O/c1-5-18-17(20-11-16-21-14(3)15(4)23-16)19-10-13(2)12-22-8-6-7-9-22/h13H,5-12H2,1-4H3,(H2,18,19,20). The van der Waals surface area contributed by atoms with Gasteiger partial charge in [-0.3, -0.25) is 0 Å². The van der Waals surface area contributed by atoms with Crippen molar-refractivity contribution in [3.63, 3.8) is 0 Å². The molecule has 1 atom stereocenters. The van der Waals surface area contributed by atoms with Crippen LogP contribution >= 0.6 is 0 Å². The number of oxazole rings is 1. The Kier molecular flexibility index (Phi) is 6.89. The zero-order valence-corrected chi connectivity index (χ0v) is 15.0. The molecule has 130 valence electrons. The molecule has 2 N–H and O–H groups in total. The van der Waals surface area contributed by atoms with Gasteiger partial charge in [0, 0.05) is 19.6 Å². The normalized spacial score (nSPS) is 17.5. The van der Waals surface area contributed by atoms with Gasteiger partial charge in [0.05, 0.1) is 5.69 Å². The monoisotopic (exact) mass is 321 g/mol. The van der Waals surface area contributed by atoms with Crippen LogP contribution in [0.25, 0.3) is 0 Å². The van der Waals surface area contributed by atoms with E-state index < -0.39 is 0 Å². The lowest BCUT2D eigenvalue weighted by molar-refractivity contribution is 0.287. The van der Waals surface area contributed by atoms with Gasteiger partial charge in [0.25, 0.3) is 0 Å². The maximum atomic E-state index is 5.58. The molecule has 1 aliphatic heterocycles. The smallest absolute Gasteiger partial charge is 0.216 e. The summed E-state index contributed by atoms with van der Waals surface area (Å²) in [7, 11) is 0. The maximum absolute atomic E-state index is 5.58. The summed E-state index contributed by atoms with van der Waals surface area (Å²) >= 11 is 0. The van der Waals surface area contributed by atoms with Gasteiger partial charge in [-0.1, -0.05) is 6.92 Å². The minimum atomic E-state index is 0.463. The predicted molar refractivity (Wildman–Crippen MR) is 93.6 cm³/mol. The Bertz CT molecular complexity index is 486. The molecule has 1 aromatic heterocycles. The molecule has 0 amide bonds. The Hall–Kier alpha value is -1.56. The topological polar surface area (TPSA) is 65.7 Å². The average Bonchev–Trinajstić information content (AvgIpc) is 3.12. The van der Waals surface area contributed by atoms with Crippen molar-refractivity contribution in [3.05, 3.63) is 17.3 Å². The Morgan fingerprint density at radius 1 is 1.30 bits per heavy atom. The largest absolute Gasteiger partial charge is 0.444 e. The van der Waals surface area contributed by atoms with E-state index in [1.165, 1.54) is 25.9 Å². The van der Waals surface area contributed by atoms with Crippen LogP contribution in [0.1, 0.15) is 44.0 Å². The second-order valence-electron chi connectivity index (χ2n) is 6.44. The van der Waals surface area contributed by atoms with Crippen molar-refractivity contribution in [1.29, 1.82) is 0 Å². The fraction of sp³-hybridized carbons (Fsp3) is 0.765. The zero-order chi connectivity index (χ0) is 16.7. The van der Waals surface area contributed by atoms with E-state index in [1.54, 1.807) is 0 Å². The molecule has 1 unspecified atom stereocenters. The Morgan fingerprint density at radius 2 is 2.04 bits per heavy atom. The van der Waals surface area contributed by atoms with Gasteiger partial charge in [-0.05, 0) is 52.6 Å². The minimum Gasteiger partial charge on any atom is -0.444 e. The first kappa shape index (κ1) is 17.8. The third-order valence-corrected chi connectivity index (χ3v) is 4.18. The van der Waals surface area contributed by atoms with E-state index in [0.29, 0.717) is 18.4 Å². The number of aromatic nitrogens is 1. The number of likely N-dealkylation sites (tertiary alicyclic amines) is 1. The summed E-state index contributed by atoms with van der Waals surface area (Å²) in [5, 5.41) is 6.71. The molecule has 1 aromatic rings. The van der Waals surface area contributed by atoms with Crippen molar-refractivity contribution < 1.29 is 4.42 Å². The second kappa shape index (κ2) is 8.91. The first-order chi connectivity index (χ1) is 11.1. The molecule has 6 heteroatoms. The van der Waals surface area contributed by atoms with Gasteiger partial charge < -0.3 is 20.0 Å². The highest BCUT2D eigenvalue weighted by atomic mass is 16.4. The SMILES string of the molecule is CCNC(=NCc1nc(C)c(C)o1)NCC(C)CN1CCCC1. The van der Waals surface area contributed by atoms with E-state index in [0.717, 1.165) is 37.0 Å². The van der Waals surface area contributed by atoms with Crippen molar-refractivity contribution in [3.8, 4) is 0 Å². The lowest BCUT2D eigenvalue weighted by atomic mass is 10.1. The number of hydrogen-bond donors (Lipinski definition) is 2. The lowest BCUT2D eigenvalue weighted by Crippen LogP contribution is -2.41. The lowest BCUT2D eigenvalue weighted by Gasteiger charge is -2.21. The summed E-state index contributed by atoms with van der Waals surface area (Å²) in [6.07, 6.45) is 2.69. The van der Waals surface area contributed by atoms with Gasteiger partial charge in [-0.25, -0.2) is 9.98 Å². The molecule has 0 saturated carbocycles. The number of nitrogens with zero attached hydrogens (tertiary/aromatic N) is 3. The third kappa shape index (κ3) is 5.86.